The van der Waals surface area contributed by atoms with Crippen LogP contribution in [-0.2, 0) is 6.42 Å². The lowest BCUT2D eigenvalue weighted by Crippen LogP contribution is -2.49. The van der Waals surface area contributed by atoms with Crippen molar-refractivity contribution in [3.63, 3.8) is 0 Å². The van der Waals surface area contributed by atoms with Crippen molar-refractivity contribution in [1.82, 2.24) is 20.5 Å². The number of likely N-dealkylation sites (tertiary alicyclic amines) is 1. The molecule has 2 heterocycles. The van der Waals surface area contributed by atoms with E-state index < -0.39 is 0 Å². The molecule has 2 rings (SSSR count). The van der Waals surface area contributed by atoms with Gasteiger partial charge in [-0.3, -0.25) is 4.99 Å². The molecular weight excluding hydrogens is 318 g/mol. The molecule has 1 aliphatic rings. The van der Waals surface area contributed by atoms with E-state index in [4.69, 9.17) is 0 Å². The van der Waals surface area contributed by atoms with Crippen LogP contribution in [0.3, 0.4) is 0 Å². The molecule has 0 bridgehead atoms. The zero-order valence-electron chi connectivity index (χ0n) is 15.7. The molecule has 0 aliphatic carbocycles. The minimum Gasteiger partial charge on any atom is -0.356 e. The molecular formula is C18H33N5S. The number of thiazole rings is 1. The monoisotopic (exact) mass is 351 g/mol. The summed E-state index contributed by atoms with van der Waals surface area (Å²) in [4.78, 5) is 12.8. The van der Waals surface area contributed by atoms with Crippen LogP contribution >= 0.6 is 11.3 Å². The van der Waals surface area contributed by atoms with Gasteiger partial charge in [-0.1, -0.05) is 13.3 Å². The lowest BCUT2D eigenvalue weighted by atomic mass is 10.0. The third-order valence-electron chi connectivity index (χ3n) is 4.62. The molecule has 2 N–H and O–H groups in total. The Labute approximate surface area is 151 Å². The summed E-state index contributed by atoms with van der Waals surface area (Å²) in [6.07, 6.45) is 6.02. The van der Waals surface area contributed by atoms with E-state index in [1.807, 2.05) is 7.05 Å². The number of hydrogen-bond acceptors (Lipinski definition) is 4. The van der Waals surface area contributed by atoms with Crippen LogP contribution in [0.25, 0.3) is 0 Å². The fourth-order valence-corrected chi connectivity index (χ4v) is 4.11. The number of rotatable bonds is 7. The van der Waals surface area contributed by atoms with Gasteiger partial charge in [-0.2, -0.15) is 0 Å². The lowest BCUT2D eigenvalue weighted by molar-refractivity contribution is 0.203. The fraction of sp³-hybridized carbons (Fsp3) is 0.778. The normalized spacial score (nSPS) is 17.2. The predicted octanol–water partition coefficient (Wildman–Crippen LogP) is 2.73. The summed E-state index contributed by atoms with van der Waals surface area (Å²) in [6.45, 7) is 11.0. The first-order chi connectivity index (χ1) is 11.6. The summed E-state index contributed by atoms with van der Waals surface area (Å²) in [7, 11) is 1.85. The standard InChI is InChI=1S/C18H33N5S/c1-5-6-11-23-12-8-16(9-13-23)22-18(19-4)20-10-7-17-14(2)21-15(3)24-17/h16H,5-13H2,1-4H3,(H2,19,20,22). The van der Waals surface area contributed by atoms with Crippen molar-refractivity contribution in [1.29, 1.82) is 0 Å². The Kier molecular flexibility index (Phi) is 7.99. The lowest BCUT2D eigenvalue weighted by Gasteiger charge is -2.33. The molecule has 6 heteroatoms. The van der Waals surface area contributed by atoms with Crippen LogP contribution in [0.1, 0.15) is 48.2 Å². The van der Waals surface area contributed by atoms with Crippen molar-refractivity contribution in [2.75, 3.05) is 33.2 Å². The molecule has 1 saturated heterocycles. The molecule has 0 unspecified atom stereocenters. The molecule has 0 atom stereocenters. The third kappa shape index (κ3) is 6.06. The Morgan fingerprint density at radius 2 is 2.08 bits per heavy atom. The molecule has 1 aliphatic heterocycles. The second kappa shape index (κ2) is 9.99. The second-order valence-electron chi connectivity index (χ2n) is 6.60. The molecule has 1 fully saturated rings. The highest BCUT2D eigenvalue weighted by Gasteiger charge is 2.19. The van der Waals surface area contributed by atoms with Gasteiger partial charge < -0.3 is 15.5 Å². The first-order valence-electron chi connectivity index (χ1n) is 9.24. The summed E-state index contributed by atoms with van der Waals surface area (Å²) >= 11 is 1.80. The van der Waals surface area contributed by atoms with Crippen molar-refractivity contribution >= 4 is 17.3 Å². The molecule has 136 valence electrons. The molecule has 5 nitrogen and oxygen atoms in total. The first kappa shape index (κ1) is 19.2. The van der Waals surface area contributed by atoms with Crippen LogP contribution in [-0.4, -0.2) is 55.1 Å². The Bertz CT molecular complexity index is 517. The van der Waals surface area contributed by atoms with E-state index in [2.05, 4.69) is 46.3 Å². The number of piperidine rings is 1. The van der Waals surface area contributed by atoms with Crippen molar-refractivity contribution in [3.05, 3.63) is 15.6 Å². The van der Waals surface area contributed by atoms with Gasteiger partial charge in [0.15, 0.2) is 5.96 Å². The van der Waals surface area contributed by atoms with Crippen LogP contribution in [0, 0.1) is 13.8 Å². The smallest absolute Gasteiger partial charge is 0.191 e. The average molecular weight is 352 g/mol. The van der Waals surface area contributed by atoms with E-state index in [0.717, 1.165) is 23.9 Å². The first-order valence-corrected chi connectivity index (χ1v) is 10.1. The maximum absolute atomic E-state index is 4.49. The maximum atomic E-state index is 4.49. The highest BCUT2D eigenvalue weighted by Crippen LogP contribution is 2.17. The number of nitrogens with one attached hydrogen (secondary N) is 2. The fourth-order valence-electron chi connectivity index (χ4n) is 3.17. The third-order valence-corrected chi connectivity index (χ3v) is 5.76. The van der Waals surface area contributed by atoms with Gasteiger partial charge in [-0.05, 0) is 39.7 Å². The van der Waals surface area contributed by atoms with E-state index in [1.54, 1.807) is 11.3 Å². The minimum atomic E-state index is 0.543. The maximum Gasteiger partial charge on any atom is 0.191 e. The van der Waals surface area contributed by atoms with Crippen molar-refractivity contribution in [2.24, 2.45) is 4.99 Å². The Morgan fingerprint density at radius 3 is 2.67 bits per heavy atom. The molecule has 0 aromatic carbocycles. The van der Waals surface area contributed by atoms with Gasteiger partial charge >= 0.3 is 0 Å². The summed E-state index contributed by atoms with van der Waals surface area (Å²) in [5.41, 5.74) is 1.17. The SMILES string of the molecule is CCCCN1CCC(NC(=NC)NCCc2sc(C)nc2C)CC1. The van der Waals surface area contributed by atoms with E-state index in [0.29, 0.717) is 6.04 Å². The highest BCUT2D eigenvalue weighted by molar-refractivity contribution is 7.11. The Balaban J connectivity index is 1.68. The zero-order chi connectivity index (χ0) is 17.4. The van der Waals surface area contributed by atoms with Gasteiger partial charge in [0.2, 0.25) is 0 Å². The van der Waals surface area contributed by atoms with Crippen LogP contribution in [0.4, 0.5) is 0 Å². The van der Waals surface area contributed by atoms with Gasteiger partial charge in [0, 0.05) is 44.0 Å². The molecule has 1 aromatic heterocycles. The number of hydrogen-bond donors (Lipinski definition) is 2. The predicted molar refractivity (Wildman–Crippen MR) is 104 cm³/mol. The molecule has 1 aromatic rings. The second-order valence-corrected chi connectivity index (χ2v) is 7.89. The highest BCUT2D eigenvalue weighted by atomic mass is 32.1. The van der Waals surface area contributed by atoms with E-state index in [9.17, 15) is 0 Å². The number of unbranched alkanes of at least 4 members (excludes halogenated alkanes) is 1. The molecule has 24 heavy (non-hydrogen) atoms. The van der Waals surface area contributed by atoms with Crippen molar-refractivity contribution in [3.8, 4) is 0 Å². The number of aryl methyl sites for hydroxylation is 2. The van der Waals surface area contributed by atoms with E-state index in [-0.39, 0.29) is 0 Å². The zero-order valence-corrected chi connectivity index (χ0v) is 16.5. The number of aliphatic imine (C=N–C) groups is 1. The molecule has 0 spiro atoms. The summed E-state index contributed by atoms with van der Waals surface area (Å²) in [5, 5.41) is 8.19. The summed E-state index contributed by atoms with van der Waals surface area (Å²) in [5.74, 6) is 0.931. The molecule has 0 saturated carbocycles. The molecule has 0 radical (unpaired) electrons. The van der Waals surface area contributed by atoms with Crippen LogP contribution < -0.4 is 10.6 Å². The summed E-state index contributed by atoms with van der Waals surface area (Å²) < 4.78 is 0. The largest absolute Gasteiger partial charge is 0.356 e. The van der Waals surface area contributed by atoms with Crippen LogP contribution in [0.2, 0.25) is 0 Å². The number of aromatic nitrogens is 1. The average Bonchev–Trinajstić information content (AvgIpc) is 2.90. The Morgan fingerprint density at radius 1 is 1.33 bits per heavy atom. The summed E-state index contributed by atoms with van der Waals surface area (Å²) in [6, 6.07) is 0.543. The van der Waals surface area contributed by atoms with Gasteiger partial charge in [0.1, 0.15) is 0 Å². The number of nitrogens with zero attached hydrogens (tertiary/aromatic N) is 3. The van der Waals surface area contributed by atoms with Crippen LogP contribution in [0.5, 0.6) is 0 Å². The van der Waals surface area contributed by atoms with Crippen LogP contribution in [0.15, 0.2) is 4.99 Å². The van der Waals surface area contributed by atoms with Gasteiger partial charge in [-0.15, -0.1) is 11.3 Å². The van der Waals surface area contributed by atoms with Crippen molar-refractivity contribution < 1.29 is 0 Å². The minimum absolute atomic E-state index is 0.543. The van der Waals surface area contributed by atoms with E-state index >= 15 is 0 Å². The van der Waals surface area contributed by atoms with Gasteiger partial charge in [0.25, 0.3) is 0 Å². The van der Waals surface area contributed by atoms with Crippen molar-refractivity contribution in [2.45, 2.75) is 58.9 Å². The number of guanidine groups is 1. The van der Waals surface area contributed by atoms with E-state index in [1.165, 1.54) is 55.9 Å². The van der Waals surface area contributed by atoms with Gasteiger partial charge in [-0.25, -0.2) is 4.98 Å². The topological polar surface area (TPSA) is 52.5 Å². The quantitative estimate of drug-likeness (QED) is 0.586. The Hall–Kier alpha value is -1.14. The molecule has 0 amide bonds. The van der Waals surface area contributed by atoms with Gasteiger partial charge in [0.05, 0.1) is 10.7 Å².